The van der Waals surface area contributed by atoms with Gasteiger partial charge in [-0.05, 0) is 30.7 Å². The standard InChI is InChI=1S/C14H19N3O4/c1-21-13(19)3-2-8-16-12(18)9-17-14(20)10-4-6-11(15)7-5-10/h4-7H,2-3,8-9,15H2,1H3,(H,16,18)(H,17,20). The molecule has 0 aliphatic rings. The van der Waals surface area contributed by atoms with E-state index in [1.54, 1.807) is 24.3 Å². The first-order chi connectivity index (χ1) is 10.0. The fourth-order valence-electron chi connectivity index (χ4n) is 1.52. The van der Waals surface area contributed by atoms with E-state index in [4.69, 9.17) is 5.73 Å². The number of carbonyl (C=O) groups is 3. The maximum Gasteiger partial charge on any atom is 0.305 e. The Morgan fingerprint density at radius 1 is 1.14 bits per heavy atom. The first kappa shape index (κ1) is 16.5. The lowest BCUT2D eigenvalue weighted by molar-refractivity contribution is -0.140. The van der Waals surface area contributed by atoms with Gasteiger partial charge in [0, 0.05) is 24.2 Å². The van der Waals surface area contributed by atoms with Crippen LogP contribution >= 0.6 is 0 Å². The summed E-state index contributed by atoms with van der Waals surface area (Å²) in [6.07, 6.45) is 0.735. The molecule has 0 fully saturated rings. The summed E-state index contributed by atoms with van der Waals surface area (Å²) in [5.74, 6) is -0.982. The van der Waals surface area contributed by atoms with Gasteiger partial charge in [0.25, 0.3) is 5.91 Å². The first-order valence-electron chi connectivity index (χ1n) is 6.50. The van der Waals surface area contributed by atoms with Gasteiger partial charge in [0.15, 0.2) is 0 Å². The van der Waals surface area contributed by atoms with Crippen LogP contribution in [0.2, 0.25) is 0 Å². The number of hydrogen-bond acceptors (Lipinski definition) is 5. The third kappa shape index (κ3) is 6.42. The third-order valence-electron chi connectivity index (χ3n) is 2.69. The minimum absolute atomic E-state index is 0.124. The number of anilines is 1. The zero-order valence-electron chi connectivity index (χ0n) is 11.8. The Morgan fingerprint density at radius 3 is 2.43 bits per heavy atom. The van der Waals surface area contributed by atoms with Crippen LogP contribution in [0.3, 0.4) is 0 Å². The molecule has 7 nitrogen and oxygen atoms in total. The van der Waals surface area contributed by atoms with E-state index in [2.05, 4.69) is 15.4 Å². The van der Waals surface area contributed by atoms with Gasteiger partial charge in [0.1, 0.15) is 0 Å². The second-order valence-corrected chi connectivity index (χ2v) is 4.33. The van der Waals surface area contributed by atoms with E-state index in [9.17, 15) is 14.4 Å². The van der Waals surface area contributed by atoms with Gasteiger partial charge in [-0.25, -0.2) is 0 Å². The summed E-state index contributed by atoms with van der Waals surface area (Å²) in [5.41, 5.74) is 6.52. The van der Waals surface area contributed by atoms with E-state index in [0.717, 1.165) is 0 Å². The molecule has 0 atom stereocenters. The molecule has 0 saturated heterocycles. The second-order valence-electron chi connectivity index (χ2n) is 4.33. The van der Waals surface area contributed by atoms with Crippen LogP contribution in [0.4, 0.5) is 5.69 Å². The Balaban J connectivity index is 2.22. The van der Waals surface area contributed by atoms with Gasteiger partial charge < -0.3 is 21.1 Å². The molecule has 0 radical (unpaired) electrons. The molecule has 4 N–H and O–H groups in total. The van der Waals surface area contributed by atoms with Crippen molar-refractivity contribution in [2.24, 2.45) is 0 Å². The molecule has 21 heavy (non-hydrogen) atoms. The van der Waals surface area contributed by atoms with Crippen LogP contribution < -0.4 is 16.4 Å². The van der Waals surface area contributed by atoms with E-state index >= 15 is 0 Å². The molecule has 1 rings (SSSR count). The highest BCUT2D eigenvalue weighted by Gasteiger charge is 2.07. The Hall–Kier alpha value is -2.57. The van der Waals surface area contributed by atoms with Gasteiger partial charge >= 0.3 is 5.97 Å². The van der Waals surface area contributed by atoms with Crippen molar-refractivity contribution < 1.29 is 19.1 Å². The Labute approximate surface area is 122 Å². The fraction of sp³-hybridized carbons (Fsp3) is 0.357. The SMILES string of the molecule is COC(=O)CCCNC(=O)CNC(=O)c1ccc(N)cc1. The summed E-state index contributed by atoms with van der Waals surface area (Å²) in [5, 5.41) is 5.09. The zero-order valence-corrected chi connectivity index (χ0v) is 11.8. The molecular weight excluding hydrogens is 274 g/mol. The van der Waals surface area contributed by atoms with Gasteiger partial charge in [-0.1, -0.05) is 0 Å². The fourth-order valence-corrected chi connectivity index (χ4v) is 1.52. The molecule has 1 aromatic rings. The average Bonchev–Trinajstić information content (AvgIpc) is 2.49. The van der Waals surface area contributed by atoms with Crippen LogP contribution in [0.1, 0.15) is 23.2 Å². The van der Waals surface area contributed by atoms with Crippen LogP contribution in [0.5, 0.6) is 0 Å². The lowest BCUT2D eigenvalue weighted by Crippen LogP contribution is -2.37. The molecule has 0 bridgehead atoms. The summed E-state index contributed by atoms with van der Waals surface area (Å²) in [6.45, 7) is 0.229. The minimum atomic E-state index is -0.347. The third-order valence-corrected chi connectivity index (χ3v) is 2.69. The van der Waals surface area contributed by atoms with Crippen molar-refractivity contribution in [3.05, 3.63) is 29.8 Å². The van der Waals surface area contributed by atoms with Gasteiger partial charge in [0.2, 0.25) is 5.91 Å². The smallest absolute Gasteiger partial charge is 0.305 e. The Kier molecular flexibility index (Phi) is 6.73. The lowest BCUT2D eigenvalue weighted by Gasteiger charge is -2.07. The molecule has 2 amide bonds. The van der Waals surface area contributed by atoms with Crippen LogP contribution in [0.15, 0.2) is 24.3 Å². The quantitative estimate of drug-likeness (QED) is 0.374. The highest BCUT2D eigenvalue weighted by molar-refractivity contribution is 5.96. The molecule has 0 spiro atoms. The average molecular weight is 293 g/mol. The summed E-state index contributed by atoms with van der Waals surface area (Å²) < 4.78 is 4.48. The molecular formula is C14H19N3O4. The molecule has 0 aliphatic heterocycles. The Bertz CT molecular complexity index is 499. The van der Waals surface area contributed by atoms with Crippen LogP contribution in [0.25, 0.3) is 0 Å². The maximum absolute atomic E-state index is 11.7. The number of nitrogen functional groups attached to an aromatic ring is 1. The summed E-state index contributed by atoms with van der Waals surface area (Å²) in [4.78, 5) is 34.1. The molecule has 0 heterocycles. The second kappa shape index (κ2) is 8.57. The van der Waals surface area contributed by atoms with Crippen molar-refractivity contribution in [2.45, 2.75) is 12.8 Å². The van der Waals surface area contributed by atoms with Gasteiger partial charge in [-0.15, -0.1) is 0 Å². The highest BCUT2D eigenvalue weighted by atomic mass is 16.5. The first-order valence-corrected chi connectivity index (χ1v) is 6.50. The highest BCUT2D eigenvalue weighted by Crippen LogP contribution is 2.04. The van der Waals surface area contributed by atoms with Crippen molar-refractivity contribution in [1.82, 2.24) is 10.6 Å². The van der Waals surface area contributed by atoms with E-state index in [1.165, 1.54) is 7.11 Å². The zero-order chi connectivity index (χ0) is 15.7. The normalized spacial score (nSPS) is 9.76. The number of esters is 1. The molecule has 1 aromatic carbocycles. The van der Waals surface area contributed by atoms with Gasteiger partial charge in [-0.3, -0.25) is 14.4 Å². The summed E-state index contributed by atoms with van der Waals surface area (Å²) in [6, 6.07) is 6.39. The van der Waals surface area contributed by atoms with Gasteiger partial charge in [-0.2, -0.15) is 0 Å². The molecule has 114 valence electrons. The van der Waals surface area contributed by atoms with Crippen molar-refractivity contribution >= 4 is 23.5 Å². The number of amides is 2. The van der Waals surface area contributed by atoms with E-state index in [-0.39, 0.29) is 30.7 Å². The van der Waals surface area contributed by atoms with Crippen molar-refractivity contribution in [3.8, 4) is 0 Å². The molecule has 0 aliphatic carbocycles. The summed E-state index contributed by atoms with van der Waals surface area (Å²) >= 11 is 0. The van der Waals surface area contributed by atoms with Crippen molar-refractivity contribution in [1.29, 1.82) is 0 Å². The molecule has 0 saturated carbocycles. The predicted octanol–water partition coefficient (Wildman–Crippen LogP) is 0.0680. The number of ether oxygens (including phenoxy) is 1. The monoisotopic (exact) mass is 293 g/mol. The summed E-state index contributed by atoms with van der Waals surface area (Å²) in [7, 11) is 1.31. The van der Waals surface area contributed by atoms with Crippen LogP contribution in [-0.2, 0) is 14.3 Å². The molecule has 0 unspecified atom stereocenters. The number of benzene rings is 1. The maximum atomic E-state index is 11.7. The largest absolute Gasteiger partial charge is 0.469 e. The topological polar surface area (TPSA) is 111 Å². The number of rotatable bonds is 7. The van der Waals surface area contributed by atoms with E-state index in [1.807, 2.05) is 0 Å². The van der Waals surface area contributed by atoms with Crippen LogP contribution in [-0.4, -0.2) is 38.0 Å². The van der Waals surface area contributed by atoms with Gasteiger partial charge in [0.05, 0.1) is 13.7 Å². The number of nitrogens with two attached hydrogens (primary N) is 1. The van der Waals surface area contributed by atoms with Crippen molar-refractivity contribution in [3.63, 3.8) is 0 Å². The molecule has 7 heteroatoms. The van der Waals surface area contributed by atoms with Crippen LogP contribution in [0, 0.1) is 0 Å². The van der Waals surface area contributed by atoms with E-state index in [0.29, 0.717) is 24.2 Å². The molecule has 0 aromatic heterocycles. The number of nitrogens with one attached hydrogen (secondary N) is 2. The number of methoxy groups -OCH3 is 1. The number of hydrogen-bond donors (Lipinski definition) is 3. The van der Waals surface area contributed by atoms with E-state index < -0.39 is 0 Å². The van der Waals surface area contributed by atoms with Crippen molar-refractivity contribution in [2.75, 3.05) is 25.9 Å². The lowest BCUT2D eigenvalue weighted by atomic mass is 10.2. The predicted molar refractivity (Wildman–Crippen MR) is 77.4 cm³/mol. The Morgan fingerprint density at radius 2 is 1.81 bits per heavy atom. The minimum Gasteiger partial charge on any atom is -0.469 e. The number of carbonyl (C=O) groups excluding carboxylic acids is 3.